The average molecular weight is 468 g/mol. The van der Waals surface area contributed by atoms with Gasteiger partial charge in [-0.2, -0.15) is 4.72 Å². The number of nitrogens with zero attached hydrogens (tertiary/aromatic N) is 1. The summed E-state index contributed by atoms with van der Waals surface area (Å²) >= 11 is 0. The third-order valence-electron chi connectivity index (χ3n) is 5.63. The quantitative estimate of drug-likeness (QED) is 0.572. The van der Waals surface area contributed by atoms with E-state index in [1.807, 2.05) is 12.1 Å². The average Bonchev–Trinajstić information content (AvgIpc) is 2.87. The number of nitrogen functional groups attached to an aromatic ring is 1. The van der Waals surface area contributed by atoms with Crippen molar-refractivity contribution in [2.24, 2.45) is 0 Å². The minimum Gasteiger partial charge on any atom is -0.398 e. The van der Waals surface area contributed by atoms with Crippen LogP contribution in [0.25, 0.3) is 11.1 Å². The van der Waals surface area contributed by atoms with Crippen LogP contribution in [-0.2, 0) is 19.6 Å². The smallest absolute Gasteiger partial charge is 0.251 e. The maximum absolute atomic E-state index is 13.5. The standard InChI is InChI=1S/C24H22FN3O4S/c1-14-18-9-3-4-10-19(18)22-20(26)11-6-12-21(22)28(23(14)29)24(30)15(2)27-33(31,32)17-8-5-7-16(25)13-17/h3-15,27H,26H2,1-2H3/t14?,15-/m0/s1. The SMILES string of the molecule is CC1C(=O)N(C(=O)[C@H](C)NS(=O)(=O)c2cccc(F)c2)c2cccc(N)c2-c2ccccc21. The second-order valence-electron chi connectivity index (χ2n) is 7.86. The molecule has 1 aliphatic heterocycles. The third kappa shape index (κ3) is 4.01. The topological polar surface area (TPSA) is 110 Å². The van der Waals surface area contributed by atoms with E-state index < -0.39 is 39.6 Å². The normalized spacial score (nSPS) is 16.5. The van der Waals surface area contributed by atoms with E-state index in [1.165, 1.54) is 19.1 Å². The lowest BCUT2D eigenvalue weighted by molar-refractivity contribution is -0.127. The molecule has 0 radical (unpaired) electrons. The first-order valence-electron chi connectivity index (χ1n) is 10.3. The molecule has 170 valence electrons. The third-order valence-corrected chi connectivity index (χ3v) is 7.17. The van der Waals surface area contributed by atoms with Crippen molar-refractivity contribution in [3.05, 3.63) is 78.1 Å². The highest BCUT2D eigenvalue weighted by Gasteiger charge is 2.38. The Labute approximate surface area is 191 Å². The molecule has 2 atom stereocenters. The Morgan fingerprint density at radius 2 is 1.79 bits per heavy atom. The molecule has 3 aromatic rings. The van der Waals surface area contributed by atoms with Gasteiger partial charge in [-0.1, -0.05) is 36.4 Å². The number of carbonyl (C=O) groups is 2. The Kier molecular flexibility index (Phi) is 5.77. The summed E-state index contributed by atoms with van der Waals surface area (Å²) in [6, 6.07) is 15.3. The summed E-state index contributed by atoms with van der Waals surface area (Å²) in [5.74, 6) is -2.68. The number of amides is 2. The van der Waals surface area contributed by atoms with Gasteiger partial charge in [0.1, 0.15) is 5.82 Å². The maximum atomic E-state index is 13.5. The molecule has 0 bridgehead atoms. The number of sulfonamides is 1. The van der Waals surface area contributed by atoms with Crippen LogP contribution in [-0.4, -0.2) is 26.3 Å². The molecule has 0 saturated heterocycles. The van der Waals surface area contributed by atoms with Crippen LogP contribution in [0.1, 0.15) is 25.3 Å². The maximum Gasteiger partial charge on any atom is 0.251 e. The highest BCUT2D eigenvalue weighted by atomic mass is 32.2. The number of carbonyl (C=O) groups excluding carboxylic acids is 2. The zero-order chi connectivity index (χ0) is 23.9. The van der Waals surface area contributed by atoms with Gasteiger partial charge in [-0.05, 0) is 55.3 Å². The van der Waals surface area contributed by atoms with Crippen LogP contribution in [0.3, 0.4) is 0 Å². The molecule has 0 saturated carbocycles. The lowest BCUT2D eigenvalue weighted by atomic mass is 9.92. The molecule has 0 fully saturated rings. The van der Waals surface area contributed by atoms with E-state index in [9.17, 15) is 22.4 Å². The van der Waals surface area contributed by atoms with Gasteiger partial charge in [-0.25, -0.2) is 17.7 Å². The zero-order valence-electron chi connectivity index (χ0n) is 17.9. The predicted molar refractivity (Wildman–Crippen MR) is 123 cm³/mol. The van der Waals surface area contributed by atoms with Crippen LogP contribution in [0.5, 0.6) is 0 Å². The van der Waals surface area contributed by atoms with Crippen LogP contribution in [0, 0.1) is 5.82 Å². The van der Waals surface area contributed by atoms with Crippen LogP contribution in [0.2, 0.25) is 0 Å². The van der Waals surface area contributed by atoms with Gasteiger partial charge in [-0.3, -0.25) is 9.59 Å². The molecule has 9 heteroatoms. The van der Waals surface area contributed by atoms with Gasteiger partial charge in [0.15, 0.2) is 0 Å². The number of halogens is 1. The van der Waals surface area contributed by atoms with Crippen molar-refractivity contribution in [1.82, 2.24) is 4.72 Å². The number of fused-ring (bicyclic) bond motifs is 3. The van der Waals surface area contributed by atoms with Crippen LogP contribution in [0.4, 0.5) is 15.8 Å². The van der Waals surface area contributed by atoms with Crippen molar-refractivity contribution >= 4 is 33.2 Å². The van der Waals surface area contributed by atoms with Crippen molar-refractivity contribution in [3.63, 3.8) is 0 Å². The summed E-state index contributed by atoms with van der Waals surface area (Å²) in [5, 5.41) is 0. The minimum absolute atomic E-state index is 0.276. The number of benzene rings is 3. The molecule has 2 amide bonds. The van der Waals surface area contributed by atoms with Crippen LogP contribution >= 0.6 is 0 Å². The summed E-state index contributed by atoms with van der Waals surface area (Å²) in [7, 11) is -4.22. The molecule has 3 aromatic carbocycles. The van der Waals surface area contributed by atoms with Gasteiger partial charge in [0.2, 0.25) is 15.9 Å². The Hall–Kier alpha value is -3.56. The summed E-state index contributed by atoms with van der Waals surface area (Å²) < 4.78 is 41.2. The molecule has 33 heavy (non-hydrogen) atoms. The second kappa shape index (κ2) is 8.42. The predicted octanol–water partition coefficient (Wildman–Crippen LogP) is 3.42. The molecule has 0 spiro atoms. The number of rotatable bonds is 4. The monoisotopic (exact) mass is 467 g/mol. The van der Waals surface area contributed by atoms with Gasteiger partial charge < -0.3 is 5.73 Å². The van der Waals surface area contributed by atoms with Crippen LogP contribution in [0.15, 0.2) is 71.6 Å². The molecule has 4 rings (SSSR count). The number of anilines is 2. The minimum atomic E-state index is -4.22. The van der Waals surface area contributed by atoms with Crippen molar-refractivity contribution in [2.75, 3.05) is 10.6 Å². The van der Waals surface area contributed by atoms with E-state index in [0.29, 0.717) is 16.8 Å². The molecule has 7 nitrogen and oxygen atoms in total. The van der Waals surface area contributed by atoms with Crippen molar-refractivity contribution < 1.29 is 22.4 Å². The largest absolute Gasteiger partial charge is 0.398 e. The first kappa shape index (κ1) is 22.6. The fourth-order valence-corrected chi connectivity index (χ4v) is 5.22. The molecular weight excluding hydrogens is 445 g/mol. The first-order chi connectivity index (χ1) is 15.6. The number of nitrogens with two attached hydrogens (primary N) is 1. The molecule has 1 heterocycles. The van der Waals surface area contributed by atoms with Crippen molar-refractivity contribution in [3.8, 4) is 11.1 Å². The number of hydrogen-bond donors (Lipinski definition) is 2. The number of imide groups is 1. The van der Waals surface area contributed by atoms with Gasteiger partial charge in [0.05, 0.1) is 22.5 Å². The molecular formula is C24H22FN3O4S. The molecule has 1 unspecified atom stereocenters. The molecule has 1 aliphatic rings. The number of nitrogens with one attached hydrogen (secondary N) is 1. The Bertz CT molecular complexity index is 1370. The van der Waals surface area contributed by atoms with Crippen molar-refractivity contribution in [2.45, 2.75) is 30.7 Å². The molecule has 0 aromatic heterocycles. The second-order valence-corrected chi connectivity index (χ2v) is 9.58. The summed E-state index contributed by atoms with van der Waals surface area (Å²) in [6.45, 7) is 3.02. The van der Waals surface area contributed by atoms with Crippen molar-refractivity contribution in [1.29, 1.82) is 0 Å². The highest BCUT2D eigenvalue weighted by Crippen LogP contribution is 2.44. The van der Waals surface area contributed by atoms with Crippen LogP contribution < -0.4 is 15.4 Å². The highest BCUT2D eigenvalue weighted by molar-refractivity contribution is 7.89. The molecule has 3 N–H and O–H groups in total. The van der Waals surface area contributed by atoms with E-state index in [4.69, 9.17) is 5.73 Å². The Morgan fingerprint density at radius 3 is 2.52 bits per heavy atom. The van der Waals surface area contributed by atoms with Gasteiger partial charge >= 0.3 is 0 Å². The Balaban J connectivity index is 1.76. The van der Waals surface area contributed by atoms with Gasteiger partial charge in [0, 0.05) is 11.3 Å². The van der Waals surface area contributed by atoms with E-state index in [2.05, 4.69) is 4.72 Å². The Morgan fingerprint density at radius 1 is 1.09 bits per heavy atom. The lowest BCUT2D eigenvalue weighted by Gasteiger charge is -2.26. The lowest BCUT2D eigenvalue weighted by Crippen LogP contribution is -2.50. The fraction of sp³-hybridized carbons (Fsp3) is 0.167. The first-order valence-corrected chi connectivity index (χ1v) is 11.7. The van der Waals surface area contributed by atoms with Gasteiger partial charge in [-0.15, -0.1) is 0 Å². The van der Waals surface area contributed by atoms with E-state index in [1.54, 1.807) is 37.3 Å². The van der Waals surface area contributed by atoms with E-state index >= 15 is 0 Å². The van der Waals surface area contributed by atoms with E-state index in [0.717, 1.165) is 22.6 Å². The summed E-state index contributed by atoms with van der Waals surface area (Å²) in [6.07, 6.45) is 0. The van der Waals surface area contributed by atoms with E-state index in [-0.39, 0.29) is 10.6 Å². The zero-order valence-corrected chi connectivity index (χ0v) is 18.8. The summed E-state index contributed by atoms with van der Waals surface area (Å²) in [5.41, 5.74) is 8.88. The summed E-state index contributed by atoms with van der Waals surface area (Å²) in [4.78, 5) is 27.6. The number of hydrogen-bond acceptors (Lipinski definition) is 5. The fourth-order valence-electron chi connectivity index (χ4n) is 3.99. The van der Waals surface area contributed by atoms with Gasteiger partial charge in [0.25, 0.3) is 5.91 Å². The molecule has 0 aliphatic carbocycles.